The smallest absolute Gasteiger partial charge is 0.253 e. The Hall–Kier alpha value is -1.44. The molecule has 1 unspecified atom stereocenters. The highest BCUT2D eigenvalue weighted by Crippen LogP contribution is 2.22. The number of carbonyl (C=O) groups is 1. The predicted molar refractivity (Wildman–Crippen MR) is 80.2 cm³/mol. The van der Waals surface area contributed by atoms with Gasteiger partial charge in [0.15, 0.2) is 0 Å². The van der Waals surface area contributed by atoms with Crippen LogP contribution < -0.4 is 5.73 Å². The summed E-state index contributed by atoms with van der Waals surface area (Å²) in [5.74, 6) is 8.02. The minimum atomic E-state index is 0.0731. The van der Waals surface area contributed by atoms with Crippen molar-refractivity contribution < 1.29 is 4.79 Å². The van der Waals surface area contributed by atoms with Gasteiger partial charge in [-0.3, -0.25) is 4.79 Å². The number of rotatable bonds is 2. The minimum absolute atomic E-state index is 0.0731. The van der Waals surface area contributed by atoms with E-state index in [0.717, 1.165) is 23.5 Å². The molecule has 0 aromatic heterocycles. The van der Waals surface area contributed by atoms with Crippen molar-refractivity contribution in [3.05, 3.63) is 35.4 Å². The van der Waals surface area contributed by atoms with Crippen molar-refractivity contribution in [1.29, 1.82) is 0 Å². The van der Waals surface area contributed by atoms with Crippen molar-refractivity contribution in [2.75, 3.05) is 25.1 Å². The third kappa shape index (κ3) is 3.52. The van der Waals surface area contributed by atoms with E-state index in [0.29, 0.717) is 18.2 Å². The lowest BCUT2D eigenvalue weighted by Crippen LogP contribution is -2.36. The Balaban J connectivity index is 2.14. The van der Waals surface area contributed by atoms with E-state index in [2.05, 4.69) is 11.8 Å². The Morgan fingerprint density at radius 3 is 3.11 bits per heavy atom. The molecule has 1 aliphatic heterocycles. The van der Waals surface area contributed by atoms with Gasteiger partial charge >= 0.3 is 0 Å². The van der Waals surface area contributed by atoms with Crippen LogP contribution in [-0.2, 0) is 0 Å². The van der Waals surface area contributed by atoms with Crippen molar-refractivity contribution in [3.8, 4) is 11.8 Å². The molecule has 1 fully saturated rings. The van der Waals surface area contributed by atoms with E-state index >= 15 is 0 Å². The number of thioether (sulfide) groups is 1. The zero-order chi connectivity index (χ0) is 13.7. The summed E-state index contributed by atoms with van der Waals surface area (Å²) in [4.78, 5) is 14.3. The molecule has 0 saturated carbocycles. The lowest BCUT2D eigenvalue weighted by atomic mass is 10.1. The van der Waals surface area contributed by atoms with Gasteiger partial charge in [0.25, 0.3) is 5.91 Å². The molecule has 0 spiro atoms. The van der Waals surface area contributed by atoms with Crippen LogP contribution in [0, 0.1) is 11.8 Å². The van der Waals surface area contributed by atoms with Gasteiger partial charge < -0.3 is 10.6 Å². The van der Waals surface area contributed by atoms with Crippen molar-refractivity contribution in [2.24, 2.45) is 5.73 Å². The molecule has 0 radical (unpaired) electrons. The Labute approximate surface area is 118 Å². The maximum absolute atomic E-state index is 12.4. The fourth-order valence-electron chi connectivity index (χ4n) is 2.08. The first-order chi connectivity index (χ1) is 9.22. The van der Waals surface area contributed by atoms with Crippen LogP contribution in [0.25, 0.3) is 0 Å². The van der Waals surface area contributed by atoms with Crippen molar-refractivity contribution in [1.82, 2.24) is 4.90 Å². The lowest BCUT2D eigenvalue weighted by Gasteiger charge is -2.23. The molecule has 1 atom stereocenters. The topological polar surface area (TPSA) is 46.3 Å². The van der Waals surface area contributed by atoms with E-state index in [-0.39, 0.29) is 5.91 Å². The van der Waals surface area contributed by atoms with E-state index in [1.807, 2.05) is 48.0 Å². The molecule has 4 heteroatoms. The Morgan fingerprint density at radius 1 is 1.58 bits per heavy atom. The van der Waals surface area contributed by atoms with Gasteiger partial charge in [-0.05, 0) is 30.4 Å². The molecule has 100 valence electrons. The monoisotopic (exact) mass is 274 g/mol. The number of carbonyl (C=O) groups excluding carboxylic acids is 1. The van der Waals surface area contributed by atoms with Crippen LogP contribution in [0.15, 0.2) is 24.3 Å². The third-order valence-electron chi connectivity index (χ3n) is 3.22. The van der Waals surface area contributed by atoms with Crippen LogP contribution in [0.4, 0.5) is 0 Å². The minimum Gasteiger partial charge on any atom is -0.338 e. The second kappa shape index (κ2) is 6.65. The van der Waals surface area contributed by atoms with E-state index in [1.54, 1.807) is 0 Å². The van der Waals surface area contributed by atoms with Crippen LogP contribution >= 0.6 is 11.8 Å². The molecule has 0 aliphatic carbocycles. The summed E-state index contributed by atoms with van der Waals surface area (Å²) >= 11 is 1.91. The molecule has 1 saturated heterocycles. The Kier molecular flexibility index (Phi) is 4.89. The molecule has 1 aromatic carbocycles. The van der Waals surface area contributed by atoms with Crippen LogP contribution in [-0.4, -0.2) is 41.9 Å². The van der Waals surface area contributed by atoms with Gasteiger partial charge in [-0.1, -0.05) is 17.9 Å². The highest BCUT2D eigenvalue weighted by Gasteiger charge is 2.24. The zero-order valence-electron chi connectivity index (χ0n) is 11.1. The summed E-state index contributed by atoms with van der Waals surface area (Å²) in [6.07, 6.45) is 1.08. The molecule has 1 heterocycles. The molecule has 19 heavy (non-hydrogen) atoms. The fraction of sp³-hybridized carbons (Fsp3) is 0.400. The second-order valence-corrected chi connectivity index (χ2v) is 5.67. The van der Waals surface area contributed by atoms with Gasteiger partial charge in [-0.2, -0.15) is 11.8 Å². The number of benzene rings is 1. The van der Waals surface area contributed by atoms with Gasteiger partial charge in [0.05, 0.1) is 6.54 Å². The Bertz CT molecular complexity index is 512. The van der Waals surface area contributed by atoms with Crippen molar-refractivity contribution >= 4 is 17.7 Å². The normalized spacial score (nSPS) is 17.7. The van der Waals surface area contributed by atoms with Crippen LogP contribution in [0.2, 0.25) is 0 Å². The lowest BCUT2D eigenvalue weighted by molar-refractivity contribution is 0.0748. The van der Waals surface area contributed by atoms with Crippen LogP contribution in [0.5, 0.6) is 0 Å². The molecular weight excluding hydrogens is 256 g/mol. The highest BCUT2D eigenvalue weighted by molar-refractivity contribution is 7.99. The van der Waals surface area contributed by atoms with Crippen molar-refractivity contribution in [3.63, 3.8) is 0 Å². The standard InChI is InChI=1S/C15H18N2OS/c1-17(14-7-9-19-11-14)15(18)13-6-2-4-12(10-13)5-3-8-16/h2,4,6,10,14H,7-9,11,16H2,1H3. The predicted octanol–water partition coefficient (Wildman–Crippen LogP) is 1.57. The summed E-state index contributed by atoms with van der Waals surface area (Å²) in [6, 6.07) is 7.80. The van der Waals surface area contributed by atoms with E-state index < -0.39 is 0 Å². The van der Waals surface area contributed by atoms with Gasteiger partial charge in [-0.25, -0.2) is 0 Å². The molecule has 3 nitrogen and oxygen atoms in total. The number of nitrogens with zero attached hydrogens (tertiary/aromatic N) is 1. The maximum Gasteiger partial charge on any atom is 0.253 e. The quantitative estimate of drug-likeness (QED) is 0.833. The number of nitrogens with two attached hydrogens (primary N) is 1. The van der Waals surface area contributed by atoms with Gasteiger partial charge in [0.2, 0.25) is 0 Å². The number of amides is 1. The van der Waals surface area contributed by atoms with Crippen LogP contribution in [0.3, 0.4) is 0 Å². The molecule has 1 aliphatic rings. The van der Waals surface area contributed by atoms with E-state index in [4.69, 9.17) is 5.73 Å². The molecule has 1 aromatic rings. The van der Waals surface area contributed by atoms with Gasteiger partial charge in [0, 0.05) is 30.0 Å². The summed E-state index contributed by atoms with van der Waals surface area (Å²) in [7, 11) is 1.89. The Morgan fingerprint density at radius 2 is 2.42 bits per heavy atom. The second-order valence-electron chi connectivity index (χ2n) is 4.52. The molecule has 0 bridgehead atoms. The largest absolute Gasteiger partial charge is 0.338 e. The summed E-state index contributed by atoms with van der Waals surface area (Å²) in [6.45, 7) is 0.331. The molecule has 2 rings (SSSR count). The average molecular weight is 274 g/mol. The molecule has 1 amide bonds. The molecule has 2 N–H and O–H groups in total. The average Bonchev–Trinajstić information content (AvgIpc) is 2.98. The van der Waals surface area contributed by atoms with E-state index in [9.17, 15) is 4.79 Å². The highest BCUT2D eigenvalue weighted by atomic mass is 32.2. The zero-order valence-corrected chi connectivity index (χ0v) is 11.9. The summed E-state index contributed by atoms with van der Waals surface area (Å²) < 4.78 is 0. The van der Waals surface area contributed by atoms with E-state index in [1.165, 1.54) is 0 Å². The van der Waals surface area contributed by atoms with Crippen LogP contribution in [0.1, 0.15) is 22.3 Å². The van der Waals surface area contributed by atoms with Gasteiger partial charge in [0.1, 0.15) is 0 Å². The number of hydrogen-bond acceptors (Lipinski definition) is 3. The first kappa shape index (κ1) is 14.0. The maximum atomic E-state index is 12.4. The summed E-state index contributed by atoms with van der Waals surface area (Å²) in [5, 5.41) is 0. The fourth-order valence-corrected chi connectivity index (χ4v) is 3.35. The first-order valence-electron chi connectivity index (χ1n) is 6.36. The van der Waals surface area contributed by atoms with Gasteiger partial charge in [-0.15, -0.1) is 0 Å². The number of hydrogen-bond donors (Lipinski definition) is 1. The SMILES string of the molecule is CN(C(=O)c1cccc(C#CCN)c1)C1CCSC1. The van der Waals surface area contributed by atoms with Crippen molar-refractivity contribution in [2.45, 2.75) is 12.5 Å². The third-order valence-corrected chi connectivity index (χ3v) is 4.36. The molecular formula is C15H18N2OS. The summed E-state index contributed by atoms with van der Waals surface area (Å²) in [5.41, 5.74) is 6.89. The first-order valence-corrected chi connectivity index (χ1v) is 7.51.